The zero-order chi connectivity index (χ0) is 25.1. The maximum absolute atomic E-state index is 12.6. The molecule has 2 aromatic rings. The SMILES string of the molecule is CC(C)(C)[Si](O[C@H]1C[C@]2(C)CCC(=O)C[C@]2(O)C2=CCC[C@@]21C)(c1ccccc1)c1ccccc1. The zero-order valence-corrected chi connectivity index (χ0v) is 22.9. The van der Waals surface area contributed by atoms with Crippen LogP contribution in [0.3, 0.4) is 0 Å². The van der Waals surface area contributed by atoms with Crippen LogP contribution in [0.4, 0.5) is 0 Å². The number of aliphatic hydroxyl groups is 1. The van der Waals surface area contributed by atoms with E-state index in [9.17, 15) is 9.90 Å². The smallest absolute Gasteiger partial charge is 0.261 e. The van der Waals surface area contributed by atoms with Crippen molar-refractivity contribution < 1.29 is 14.3 Å². The topological polar surface area (TPSA) is 46.5 Å². The highest BCUT2D eigenvalue weighted by Crippen LogP contribution is 2.64. The van der Waals surface area contributed by atoms with Gasteiger partial charge in [0, 0.05) is 23.7 Å². The van der Waals surface area contributed by atoms with Crippen molar-refractivity contribution in [3.63, 3.8) is 0 Å². The number of rotatable bonds is 4. The predicted octanol–water partition coefficient (Wildman–Crippen LogP) is 5.55. The molecule has 2 fully saturated rings. The molecule has 3 aliphatic rings. The summed E-state index contributed by atoms with van der Waals surface area (Å²) in [5.74, 6) is 0.187. The van der Waals surface area contributed by atoms with Crippen molar-refractivity contribution in [2.24, 2.45) is 10.8 Å². The van der Waals surface area contributed by atoms with Gasteiger partial charge in [-0.15, -0.1) is 0 Å². The highest BCUT2D eigenvalue weighted by Gasteiger charge is 2.66. The summed E-state index contributed by atoms with van der Waals surface area (Å²) in [5, 5.41) is 14.6. The molecule has 186 valence electrons. The molecule has 0 heterocycles. The van der Waals surface area contributed by atoms with Gasteiger partial charge in [-0.1, -0.05) is 101 Å². The number of ketones is 1. The Morgan fingerprint density at radius 3 is 2.06 bits per heavy atom. The van der Waals surface area contributed by atoms with E-state index >= 15 is 0 Å². The fourth-order valence-corrected chi connectivity index (χ4v) is 12.3. The molecule has 0 aromatic heterocycles. The zero-order valence-electron chi connectivity index (χ0n) is 21.9. The van der Waals surface area contributed by atoms with E-state index < -0.39 is 13.9 Å². The summed E-state index contributed by atoms with van der Waals surface area (Å²) in [6.07, 6.45) is 6.38. The second kappa shape index (κ2) is 8.26. The molecule has 4 atom stereocenters. The molecular weight excluding hydrogens is 448 g/mol. The Balaban J connectivity index is 1.68. The lowest BCUT2D eigenvalue weighted by atomic mass is 9.49. The molecule has 0 saturated heterocycles. The third-order valence-electron chi connectivity index (χ3n) is 9.56. The van der Waals surface area contributed by atoms with E-state index in [0.29, 0.717) is 6.42 Å². The van der Waals surface area contributed by atoms with Crippen molar-refractivity contribution in [1.82, 2.24) is 0 Å². The fraction of sp³-hybridized carbons (Fsp3) is 0.516. The van der Waals surface area contributed by atoms with Crippen LogP contribution in [0.25, 0.3) is 0 Å². The predicted molar refractivity (Wildman–Crippen MR) is 144 cm³/mol. The van der Waals surface area contributed by atoms with Gasteiger partial charge in [-0.05, 0) is 46.7 Å². The van der Waals surface area contributed by atoms with Crippen molar-refractivity contribution >= 4 is 24.5 Å². The van der Waals surface area contributed by atoms with Crippen molar-refractivity contribution in [3.8, 4) is 0 Å². The molecule has 0 spiro atoms. The molecular formula is C31H40O3Si. The largest absolute Gasteiger partial charge is 0.404 e. The summed E-state index contributed by atoms with van der Waals surface area (Å²) in [7, 11) is -2.75. The number of benzene rings is 2. The van der Waals surface area contributed by atoms with Crippen LogP contribution in [-0.2, 0) is 9.22 Å². The lowest BCUT2D eigenvalue weighted by Gasteiger charge is -2.61. The number of Topliss-reactive ketones (excluding diaryl/α,β-unsaturated/α-hetero) is 1. The fourth-order valence-electron chi connectivity index (χ4n) is 7.47. The van der Waals surface area contributed by atoms with Crippen LogP contribution in [0.2, 0.25) is 5.04 Å². The Morgan fingerprint density at radius 1 is 0.943 bits per heavy atom. The molecule has 4 heteroatoms. The van der Waals surface area contributed by atoms with Crippen LogP contribution in [0.5, 0.6) is 0 Å². The first kappa shape index (κ1) is 24.7. The first-order valence-corrected chi connectivity index (χ1v) is 15.1. The number of fused-ring (bicyclic) bond motifs is 3. The van der Waals surface area contributed by atoms with Gasteiger partial charge in [0.25, 0.3) is 8.32 Å². The lowest BCUT2D eigenvalue weighted by Crippen LogP contribution is -2.71. The van der Waals surface area contributed by atoms with E-state index in [1.165, 1.54) is 10.4 Å². The minimum Gasteiger partial charge on any atom is -0.404 e. The molecule has 1 N–H and O–H groups in total. The molecule has 0 aliphatic heterocycles. The van der Waals surface area contributed by atoms with Crippen LogP contribution in [0, 0.1) is 10.8 Å². The molecule has 5 rings (SSSR count). The monoisotopic (exact) mass is 488 g/mol. The summed E-state index contributed by atoms with van der Waals surface area (Å²) >= 11 is 0. The average molecular weight is 489 g/mol. The van der Waals surface area contributed by atoms with Crippen LogP contribution < -0.4 is 10.4 Å². The first-order valence-electron chi connectivity index (χ1n) is 13.2. The summed E-state index contributed by atoms with van der Waals surface area (Å²) in [6, 6.07) is 21.7. The van der Waals surface area contributed by atoms with Gasteiger partial charge in [0.2, 0.25) is 0 Å². The maximum atomic E-state index is 12.6. The van der Waals surface area contributed by atoms with Crippen LogP contribution in [0.1, 0.15) is 73.1 Å². The molecule has 0 bridgehead atoms. The Hall–Kier alpha value is -2.01. The van der Waals surface area contributed by atoms with Crippen LogP contribution in [0.15, 0.2) is 72.3 Å². The van der Waals surface area contributed by atoms with E-state index in [0.717, 1.165) is 31.3 Å². The molecule has 2 saturated carbocycles. The van der Waals surface area contributed by atoms with Crippen molar-refractivity contribution in [1.29, 1.82) is 0 Å². The van der Waals surface area contributed by atoms with Gasteiger partial charge in [0.15, 0.2) is 0 Å². The van der Waals surface area contributed by atoms with Gasteiger partial charge in [-0.3, -0.25) is 4.79 Å². The standard InChI is InChI=1S/C31H40O3Si/c1-28(2,3)35(24-13-8-6-9-14-24,25-15-10-7-11-16-25)34-27-22-29(4)20-18-23(32)21-31(29,33)26-17-12-19-30(26,27)5/h6-11,13-17,27,33H,12,18-22H2,1-5H3/t27-,29-,30-,31-/m0/s1. The maximum Gasteiger partial charge on any atom is 0.261 e. The Labute approximate surface area is 211 Å². The van der Waals surface area contributed by atoms with Gasteiger partial charge < -0.3 is 9.53 Å². The van der Waals surface area contributed by atoms with E-state index in [4.69, 9.17) is 4.43 Å². The first-order chi connectivity index (χ1) is 16.5. The number of carbonyl (C=O) groups is 1. The third-order valence-corrected chi connectivity index (χ3v) is 14.6. The van der Waals surface area contributed by atoms with Gasteiger partial charge in [0.1, 0.15) is 5.78 Å². The van der Waals surface area contributed by atoms with Gasteiger partial charge in [-0.2, -0.15) is 0 Å². The highest BCUT2D eigenvalue weighted by atomic mass is 28.4. The molecule has 3 aliphatic carbocycles. The lowest BCUT2D eigenvalue weighted by molar-refractivity contribution is -0.162. The van der Waals surface area contributed by atoms with Crippen LogP contribution >= 0.6 is 0 Å². The molecule has 0 unspecified atom stereocenters. The van der Waals surface area contributed by atoms with Gasteiger partial charge in [-0.25, -0.2) is 0 Å². The second-order valence-corrected chi connectivity index (χ2v) is 16.9. The molecule has 35 heavy (non-hydrogen) atoms. The number of hydrogen-bond donors (Lipinski definition) is 1. The third kappa shape index (κ3) is 3.55. The molecule has 3 nitrogen and oxygen atoms in total. The normalized spacial score (nSPS) is 33.1. The summed E-state index contributed by atoms with van der Waals surface area (Å²) in [6.45, 7) is 11.5. The number of hydrogen-bond acceptors (Lipinski definition) is 3. The van der Waals surface area contributed by atoms with E-state index in [-0.39, 0.29) is 34.2 Å². The molecule has 0 amide bonds. The summed E-state index contributed by atoms with van der Waals surface area (Å²) < 4.78 is 7.72. The Morgan fingerprint density at radius 2 is 1.51 bits per heavy atom. The van der Waals surface area contributed by atoms with Gasteiger partial charge in [0.05, 0.1) is 11.7 Å². The summed E-state index contributed by atoms with van der Waals surface area (Å²) in [4.78, 5) is 12.6. The van der Waals surface area contributed by atoms with Crippen molar-refractivity contribution in [3.05, 3.63) is 72.3 Å². The summed E-state index contributed by atoms with van der Waals surface area (Å²) in [5.41, 5.74) is -0.639. The highest BCUT2D eigenvalue weighted by molar-refractivity contribution is 6.99. The number of allylic oxidation sites excluding steroid dienone is 1. The minimum atomic E-state index is -2.75. The molecule has 2 aromatic carbocycles. The quantitative estimate of drug-likeness (QED) is 0.453. The van der Waals surface area contributed by atoms with Crippen LogP contribution in [-0.4, -0.2) is 30.9 Å². The van der Waals surface area contributed by atoms with E-state index in [1.54, 1.807) is 0 Å². The Kier molecular flexibility index (Phi) is 5.82. The van der Waals surface area contributed by atoms with Crippen molar-refractivity contribution in [2.45, 2.75) is 89.9 Å². The second-order valence-electron chi connectivity index (χ2n) is 12.7. The number of carbonyl (C=O) groups excluding carboxylic acids is 1. The molecule has 0 radical (unpaired) electrons. The van der Waals surface area contributed by atoms with E-state index in [1.807, 2.05) is 0 Å². The van der Waals surface area contributed by atoms with E-state index in [2.05, 4.69) is 101 Å². The van der Waals surface area contributed by atoms with Crippen molar-refractivity contribution in [2.75, 3.05) is 0 Å². The average Bonchev–Trinajstić information content (AvgIpc) is 3.23. The minimum absolute atomic E-state index is 0.0268. The Bertz CT molecular complexity index is 1100. The van der Waals surface area contributed by atoms with Gasteiger partial charge >= 0.3 is 0 Å².